The molecule has 0 spiro atoms. The van der Waals surface area contributed by atoms with Gasteiger partial charge in [-0.1, -0.05) is 29.8 Å². The summed E-state index contributed by atoms with van der Waals surface area (Å²) in [5.74, 6) is -0.462. The minimum Gasteiger partial charge on any atom is -0.486 e. The fourth-order valence-corrected chi connectivity index (χ4v) is 3.20. The second kappa shape index (κ2) is 7.93. The van der Waals surface area contributed by atoms with Gasteiger partial charge in [-0.25, -0.2) is 9.37 Å². The predicted octanol–water partition coefficient (Wildman–Crippen LogP) is 5.27. The highest BCUT2D eigenvalue weighted by molar-refractivity contribution is 6.34. The Hall–Kier alpha value is -3.38. The molecule has 0 aliphatic heterocycles. The highest BCUT2D eigenvalue weighted by Crippen LogP contribution is 2.25. The molecule has 7 heteroatoms. The van der Waals surface area contributed by atoms with E-state index in [1.54, 1.807) is 24.3 Å². The Kier molecular flexibility index (Phi) is 5.18. The molecule has 0 saturated carbocycles. The summed E-state index contributed by atoms with van der Waals surface area (Å²) >= 11 is 6.00. The molecule has 0 saturated heterocycles. The first-order valence-electron chi connectivity index (χ1n) is 8.93. The number of aryl methyl sites for hydroxylation is 1. The molecule has 0 atom stereocenters. The van der Waals surface area contributed by atoms with E-state index in [1.807, 2.05) is 35.9 Å². The molecule has 2 heterocycles. The molecule has 4 rings (SSSR count). The summed E-state index contributed by atoms with van der Waals surface area (Å²) in [5.41, 5.74) is 3.34. The van der Waals surface area contributed by atoms with Crippen molar-refractivity contribution in [2.24, 2.45) is 0 Å². The number of pyridine rings is 1. The molecule has 1 amide bonds. The maximum absolute atomic E-state index is 13.2. The number of para-hydroxylation sites is 1. The lowest BCUT2D eigenvalue weighted by Crippen LogP contribution is -2.14. The van der Waals surface area contributed by atoms with Crippen molar-refractivity contribution in [1.82, 2.24) is 9.38 Å². The third kappa shape index (κ3) is 4.07. The second-order valence-electron chi connectivity index (χ2n) is 6.52. The van der Waals surface area contributed by atoms with E-state index >= 15 is 0 Å². The van der Waals surface area contributed by atoms with Crippen LogP contribution in [-0.4, -0.2) is 15.3 Å². The first kappa shape index (κ1) is 19.0. The number of benzene rings is 2. The Bertz CT molecular complexity index is 1210. The first-order chi connectivity index (χ1) is 14.0. The Balaban J connectivity index is 1.53. The monoisotopic (exact) mass is 409 g/mol. The lowest BCUT2D eigenvalue weighted by Gasteiger charge is -2.12. The molecular formula is C22H17ClFN3O2. The minimum absolute atomic E-state index is 0.122. The minimum atomic E-state index is -0.473. The number of hydrogen-bond acceptors (Lipinski definition) is 3. The number of ether oxygens (including phenoxy) is 1. The van der Waals surface area contributed by atoms with Crippen LogP contribution < -0.4 is 10.1 Å². The number of carbonyl (C=O) groups excluding carboxylic acids is 1. The summed E-state index contributed by atoms with van der Waals surface area (Å²) in [6.45, 7) is 2.20. The van der Waals surface area contributed by atoms with Gasteiger partial charge < -0.3 is 14.5 Å². The Morgan fingerprint density at radius 2 is 2.03 bits per heavy atom. The van der Waals surface area contributed by atoms with Crippen molar-refractivity contribution in [3.05, 3.63) is 94.7 Å². The number of hydrogen-bond donors (Lipinski definition) is 1. The smallest absolute Gasteiger partial charge is 0.259 e. The number of rotatable bonds is 5. The van der Waals surface area contributed by atoms with Crippen LogP contribution >= 0.6 is 11.6 Å². The molecule has 146 valence electrons. The van der Waals surface area contributed by atoms with Crippen LogP contribution in [0.3, 0.4) is 0 Å². The molecule has 0 unspecified atom stereocenters. The third-order valence-corrected chi connectivity index (χ3v) is 4.73. The predicted molar refractivity (Wildman–Crippen MR) is 110 cm³/mol. The number of aromatic nitrogens is 2. The van der Waals surface area contributed by atoms with Gasteiger partial charge in [-0.05, 0) is 48.9 Å². The van der Waals surface area contributed by atoms with Gasteiger partial charge in [0.2, 0.25) is 0 Å². The van der Waals surface area contributed by atoms with Crippen molar-refractivity contribution < 1.29 is 13.9 Å². The average molecular weight is 410 g/mol. The van der Waals surface area contributed by atoms with E-state index in [9.17, 15) is 9.18 Å². The van der Waals surface area contributed by atoms with Gasteiger partial charge in [0.25, 0.3) is 5.91 Å². The highest BCUT2D eigenvalue weighted by Gasteiger charge is 2.15. The standard InChI is InChI=1S/C22H17ClFN3O2/c1-14-5-4-10-27-12-16(25-21(14)27)13-29-20-7-3-2-6-17(20)22(28)26-19-9-8-15(24)11-18(19)23/h2-12H,13H2,1H3,(H,26,28). The van der Waals surface area contributed by atoms with Crippen molar-refractivity contribution in [2.75, 3.05) is 5.32 Å². The van der Waals surface area contributed by atoms with Crippen LogP contribution in [0.1, 0.15) is 21.6 Å². The normalized spacial score (nSPS) is 10.9. The topological polar surface area (TPSA) is 55.6 Å². The number of amides is 1. The zero-order chi connectivity index (χ0) is 20.4. The lowest BCUT2D eigenvalue weighted by atomic mass is 10.2. The van der Waals surface area contributed by atoms with Crippen molar-refractivity contribution in [3.8, 4) is 5.75 Å². The van der Waals surface area contributed by atoms with Crippen LogP contribution in [0.15, 0.2) is 67.0 Å². The van der Waals surface area contributed by atoms with Crippen molar-refractivity contribution in [3.63, 3.8) is 0 Å². The van der Waals surface area contributed by atoms with Gasteiger partial charge in [0, 0.05) is 12.4 Å². The molecule has 5 nitrogen and oxygen atoms in total. The summed E-state index contributed by atoms with van der Waals surface area (Å²) in [5, 5.41) is 2.81. The van der Waals surface area contributed by atoms with Crippen LogP contribution in [0.25, 0.3) is 5.65 Å². The molecule has 0 radical (unpaired) electrons. The number of imidazole rings is 1. The third-order valence-electron chi connectivity index (χ3n) is 4.41. The van der Waals surface area contributed by atoms with Crippen LogP contribution in [0.5, 0.6) is 5.75 Å². The Morgan fingerprint density at radius 3 is 2.83 bits per heavy atom. The summed E-state index contributed by atoms with van der Waals surface area (Å²) in [6.07, 6.45) is 3.82. The van der Waals surface area contributed by atoms with Crippen molar-refractivity contribution in [1.29, 1.82) is 0 Å². The van der Waals surface area contributed by atoms with E-state index in [2.05, 4.69) is 10.3 Å². The highest BCUT2D eigenvalue weighted by atomic mass is 35.5. The molecule has 0 fully saturated rings. The number of nitrogens with one attached hydrogen (secondary N) is 1. The van der Waals surface area contributed by atoms with Crippen LogP contribution in [0.2, 0.25) is 5.02 Å². The summed E-state index contributed by atoms with van der Waals surface area (Å²) in [6, 6.07) is 14.6. The number of anilines is 1. The molecular weight excluding hydrogens is 393 g/mol. The SMILES string of the molecule is Cc1cccn2cc(COc3ccccc3C(=O)Nc3ccc(F)cc3Cl)nc12. The van der Waals surface area contributed by atoms with E-state index < -0.39 is 11.7 Å². The zero-order valence-corrected chi connectivity index (χ0v) is 16.3. The summed E-state index contributed by atoms with van der Waals surface area (Å²) in [7, 11) is 0. The van der Waals surface area contributed by atoms with Crippen LogP contribution in [0, 0.1) is 12.7 Å². The summed E-state index contributed by atoms with van der Waals surface area (Å²) in [4.78, 5) is 17.3. The van der Waals surface area contributed by atoms with Gasteiger partial charge in [-0.3, -0.25) is 4.79 Å². The fourth-order valence-electron chi connectivity index (χ4n) is 2.99. The van der Waals surface area contributed by atoms with Gasteiger partial charge in [0.15, 0.2) is 0 Å². The summed E-state index contributed by atoms with van der Waals surface area (Å²) < 4.78 is 21.0. The molecule has 4 aromatic rings. The second-order valence-corrected chi connectivity index (χ2v) is 6.92. The van der Waals surface area contributed by atoms with Crippen molar-refractivity contribution in [2.45, 2.75) is 13.5 Å². The van der Waals surface area contributed by atoms with Gasteiger partial charge in [0.05, 0.1) is 22.0 Å². The van der Waals surface area contributed by atoms with Crippen molar-refractivity contribution >= 4 is 28.8 Å². The van der Waals surface area contributed by atoms with Gasteiger partial charge >= 0.3 is 0 Å². The number of halogens is 2. The molecule has 2 aromatic heterocycles. The molecule has 1 N–H and O–H groups in total. The maximum atomic E-state index is 13.2. The molecule has 29 heavy (non-hydrogen) atoms. The zero-order valence-electron chi connectivity index (χ0n) is 15.5. The molecule has 0 aliphatic rings. The maximum Gasteiger partial charge on any atom is 0.259 e. The van der Waals surface area contributed by atoms with Gasteiger partial charge in [-0.2, -0.15) is 0 Å². The largest absolute Gasteiger partial charge is 0.486 e. The van der Waals surface area contributed by atoms with E-state index in [0.29, 0.717) is 17.0 Å². The number of carbonyl (C=O) groups is 1. The van der Waals surface area contributed by atoms with Gasteiger partial charge in [0.1, 0.15) is 23.8 Å². The fraction of sp³-hybridized carbons (Fsp3) is 0.0909. The first-order valence-corrected chi connectivity index (χ1v) is 9.30. The Labute approximate surface area is 171 Å². The van der Waals surface area contributed by atoms with E-state index in [4.69, 9.17) is 16.3 Å². The Morgan fingerprint density at radius 1 is 1.21 bits per heavy atom. The van der Waals surface area contributed by atoms with Gasteiger partial charge in [-0.15, -0.1) is 0 Å². The van der Waals surface area contributed by atoms with E-state index in [-0.39, 0.29) is 11.6 Å². The molecule has 2 aromatic carbocycles. The average Bonchev–Trinajstić information content (AvgIpc) is 3.13. The van der Waals surface area contributed by atoms with E-state index in [0.717, 1.165) is 23.0 Å². The molecule has 0 aliphatic carbocycles. The van der Waals surface area contributed by atoms with Crippen LogP contribution in [-0.2, 0) is 6.61 Å². The van der Waals surface area contributed by atoms with E-state index in [1.165, 1.54) is 12.1 Å². The molecule has 0 bridgehead atoms. The van der Waals surface area contributed by atoms with Crippen LogP contribution in [0.4, 0.5) is 10.1 Å². The quantitative estimate of drug-likeness (QED) is 0.488. The lowest BCUT2D eigenvalue weighted by molar-refractivity contribution is 0.102. The number of nitrogens with zero attached hydrogens (tertiary/aromatic N) is 2. The number of fused-ring (bicyclic) bond motifs is 1.